The molecule has 0 unspecified atom stereocenters. The minimum atomic E-state index is -0.877. The van der Waals surface area contributed by atoms with E-state index in [1.165, 1.54) is 71.3 Å². The Bertz CT molecular complexity index is 172. The third kappa shape index (κ3) is 20.6. The van der Waals surface area contributed by atoms with Crippen molar-refractivity contribution in [2.24, 2.45) is 0 Å². The molecule has 0 aliphatic heterocycles. The van der Waals surface area contributed by atoms with Crippen LogP contribution in [0.5, 0.6) is 0 Å². The molecule has 4 heteroatoms. The van der Waals surface area contributed by atoms with Crippen molar-refractivity contribution in [1.29, 1.82) is 0 Å². The van der Waals surface area contributed by atoms with Gasteiger partial charge in [-0.05, 0) is 6.42 Å². The van der Waals surface area contributed by atoms with Gasteiger partial charge in [0.25, 0.3) is 0 Å². The second-order valence-corrected chi connectivity index (χ2v) is 5.70. The molecule has 0 radical (unpaired) electrons. The standard InChI is InChI=1S/C15H34NO2.ClH/c1-3-4-5-6-7-8-9-10-11-12-13-14-15-16(2,17)18;/h17-18H,3-15H2,1-2H3;1H/q+1;/p-1. The summed E-state index contributed by atoms with van der Waals surface area (Å²) in [6.07, 6.45) is 15.6. The Kier molecular flexibility index (Phi) is 16.5. The molecule has 0 aromatic carbocycles. The molecule has 0 aliphatic carbocycles. The smallest absolute Gasteiger partial charge is 0.141 e. The van der Waals surface area contributed by atoms with Crippen LogP contribution in [-0.2, 0) is 0 Å². The first-order valence-corrected chi connectivity index (χ1v) is 7.87. The van der Waals surface area contributed by atoms with Crippen LogP contribution < -0.4 is 12.4 Å². The molecular formula is C15H34ClNO2. The SMILES string of the molecule is CCCCCCCCCCCCCC[N+](C)(O)O.[Cl-]. The van der Waals surface area contributed by atoms with Crippen molar-refractivity contribution in [2.75, 3.05) is 13.6 Å². The molecule has 0 bridgehead atoms. The van der Waals surface area contributed by atoms with Crippen LogP contribution in [0.25, 0.3) is 0 Å². The van der Waals surface area contributed by atoms with Gasteiger partial charge in [0.05, 0.1) is 0 Å². The highest BCUT2D eigenvalue weighted by atomic mass is 35.5. The Balaban J connectivity index is 0. The molecular weight excluding hydrogens is 262 g/mol. The van der Waals surface area contributed by atoms with Crippen LogP contribution in [0.3, 0.4) is 0 Å². The normalized spacial score (nSPS) is 11.4. The summed E-state index contributed by atoms with van der Waals surface area (Å²) in [7, 11) is 1.40. The Morgan fingerprint density at radius 3 is 1.26 bits per heavy atom. The van der Waals surface area contributed by atoms with Gasteiger partial charge in [-0.3, -0.25) is 0 Å². The second-order valence-electron chi connectivity index (χ2n) is 5.70. The van der Waals surface area contributed by atoms with Crippen LogP contribution in [-0.4, -0.2) is 28.8 Å². The summed E-state index contributed by atoms with van der Waals surface area (Å²) in [5, 5.41) is 18.1. The maximum atomic E-state index is 9.07. The minimum absolute atomic E-state index is 0. The number of halogens is 1. The summed E-state index contributed by atoms with van der Waals surface area (Å²) in [6.45, 7) is 2.70. The zero-order valence-electron chi connectivity index (χ0n) is 12.9. The lowest BCUT2D eigenvalue weighted by atomic mass is 10.1. The number of hydrogen-bond acceptors (Lipinski definition) is 2. The van der Waals surface area contributed by atoms with Crippen molar-refractivity contribution in [3.05, 3.63) is 0 Å². The Morgan fingerprint density at radius 1 is 0.632 bits per heavy atom. The maximum absolute atomic E-state index is 9.07. The van der Waals surface area contributed by atoms with Gasteiger partial charge in [0, 0.05) is 6.42 Å². The van der Waals surface area contributed by atoms with E-state index in [0.29, 0.717) is 6.54 Å². The first kappa shape index (κ1) is 21.5. The van der Waals surface area contributed by atoms with Gasteiger partial charge < -0.3 is 12.4 Å². The van der Waals surface area contributed by atoms with Gasteiger partial charge in [0.1, 0.15) is 13.6 Å². The van der Waals surface area contributed by atoms with Gasteiger partial charge in [-0.2, -0.15) is 10.4 Å². The predicted octanol–water partition coefficient (Wildman–Crippen LogP) is 1.92. The number of quaternary nitrogens is 1. The lowest BCUT2D eigenvalue weighted by Crippen LogP contribution is -3.00. The third-order valence-corrected chi connectivity index (χ3v) is 3.44. The average Bonchev–Trinajstić information content (AvgIpc) is 2.29. The van der Waals surface area contributed by atoms with Crippen LogP contribution in [0.2, 0.25) is 0 Å². The van der Waals surface area contributed by atoms with Gasteiger partial charge in [-0.1, -0.05) is 75.9 Å². The highest BCUT2D eigenvalue weighted by Crippen LogP contribution is 2.12. The summed E-state index contributed by atoms with van der Waals surface area (Å²) >= 11 is 0. The van der Waals surface area contributed by atoms with Crippen molar-refractivity contribution in [3.63, 3.8) is 0 Å². The van der Waals surface area contributed by atoms with Gasteiger partial charge in [0.15, 0.2) is 0 Å². The third-order valence-electron chi connectivity index (χ3n) is 3.44. The van der Waals surface area contributed by atoms with Crippen LogP contribution >= 0.6 is 0 Å². The average molecular weight is 296 g/mol. The number of nitrogens with zero attached hydrogens (tertiary/aromatic N) is 1. The van der Waals surface area contributed by atoms with Crippen molar-refractivity contribution in [1.82, 2.24) is 0 Å². The highest BCUT2D eigenvalue weighted by molar-refractivity contribution is 4.48. The van der Waals surface area contributed by atoms with Gasteiger partial charge in [-0.15, -0.1) is 0 Å². The van der Waals surface area contributed by atoms with E-state index in [1.54, 1.807) is 0 Å². The van der Waals surface area contributed by atoms with E-state index in [1.807, 2.05) is 0 Å². The fraction of sp³-hybridized carbons (Fsp3) is 1.00. The molecule has 0 aliphatic rings. The second kappa shape index (κ2) is 14.6. The summed E-state index contributed by atoms with van der Waals surface area (Å²) in [6, 6.07) is 0. The highest BCUT2D eigenvalue weighted by Gasteiger charge is 2.12. The van der Waals surface area contributed by atoms with E-state index in [-0.39, 0.29) is 12.4 Å². The number of rotatable bonds is 13. The van der Waals surface area contributed by atoms with E-state index in [9.17, 15) is 0 Å². The molecule has 0 saturated heterocycles. The maximum Gasteiger partial charge on any atom is 0.141 e. The zero-order chi connectivity index (χ0) is 13.7. The van der Waals surface area contributed by atoms with E-state index < -0.39 is 4.81 Å². The molecule has 0 rings (SSSR count). The molecule has 118 valence electrons. The lowest BCUT2D eigenvalue weighted by molar-refractivity contribution is -1.23. The monoisotopic (exact) mass is 295 g/mol. The molecule has 0 aromatic heterocycles. The molecule has 0 fully saturated rings. The summed E-state index contributed by atoms with van der Waals surface area (Å²) in [5.41, 5.74) is 0. The summed E-state index contributed by atoms with van der Waals surface area (Å²) in [5.74, 6) is 0. The molecule has 0 atom stereocenters. The van der Waals surface area contributed by atoms with E-state index in [2.05, 4.69) is 6.92 Å². The molecule has 0 saturated carbocycles. The molecule has 3 nitrogen and oxygen atoms in total. The molecule has 0 amide bonds. The van der Waals surface area contributed by atoms with Gasteiger partial charge >= 0.3 is 0 Å². The largest absolute Gasteiger partial charge is 1.00 e. The number of hydroxylamine groups is 4. The van der Waals surface area contributed by atoms with Crippen molar-refractivity contribution >= 4 is 0 Å². The Hall–Kier alpha value is 0.170. The fourth-order valence-electron chi connectivity index (χ4n) is 2.25. The molecule has 0 spiro atoms. The number of hydrogen-bond donors (Lipinski definition) is 2. The van der Waals surface area contributed by atoms with Crippen LogP contribution in [0.4, 0.5) is 0 Å². The van der Waals surface area contributed by atoms with E-state index >= 15 is 0 Å². The quantitative estimate of drug-likeness (QED) is 0.310. The number of unbranched alkanes of at least 4 members (excludes halogenated alkanes) is 11. The van der Waals surface area contributed by atoms with Crippen LogP contribution in [0, 0.1) is 0 Å². The van der Waals surface area contributed by atoms with E-state index in [0.717, 1.165) is 12.8 Å². The Labute approximate surface area is 125 Å². The first-order valence-electron chi connectivity index (χ1n) is 7.87. The van der Waals surface area contributed by atoms with E-state index in [4.69, 9.17) is 10.4 Å². The molecule has 0 heterocycles. The zero-order valence-corrected chi connectivity index (χ0v) is 13.7. The van der Waals surface area contributed by atoms with Crippen LogP contribution in [0.15, 0.2) is 0 Å². The van der Waals surface area contributed by atoms with Crippen molar-refractivity contribution in [3.8, 4) is 0 Å². The molecule has 2 N–H and O–H groups in total. The van der Waals surface area contributed by atoms with Crippen molar-refractivity contribution < 1.29 is 27.6 Å². The Morgan fingerprint density at radius 2 is 0.947 bits per heavy atom. The molecule has 19 heavy (non-hydrogen) atoms. The predicted molar refractivity (Wildman–Crippen MR) is 75.7 cm³/mol. The van der Waals surface area contributed by atoms with Crippen LogP contribution in [0.1, 0.15) is 84.0 Å². The van der Waals surface area contributed by atoms with Crippen molar-refractivity contribution in [2.45, 2.75) is 84.0 Å². The minimum Gasteiger partial charge on any atom is -1.00 e. The molecule has 0 aromatic rings. The summed E-state index contributed by atoms with van der Waals surface area (Å²) < 4.78 is 0. The van der Waals surface area contributed by atoms with Gasteiger partial charge in [-0.25, -0.2) is 0 Å². The lowest BCUT2D eigenvalue weighted by Gasteiger charge is -2.14. The van der Waals surface area contributed by atoms with Gasteiger partial charge in [0.2, 0.25) is 0 Å². The summed E-state index contributed by atoms with van der Waals surface area (Å²) in [4.78, 5) is -0.877. The fourth-order valence-corrected chi connectivity index (χ4v) is 2.25. The topological polar surface area (TPSA) is 40.5 Å². The first-order chi connectivity index (χ1) is 8.56.